The predicted octanol–water partition coefficient (Wildman–Crippen LogP) is 4.22. The van der Waals surface area contributed by atoms with Crippen LogP contribution >= 0.6 is 11.6 Å². The Balaban J connectivity index is 3.23. The van der Waals surface area contributed by atoms with Crippen LogP contribution in [0.2, 0.25) is 0 Å². The molecule has 0 aliphatic carbocycles. The maximum Gasteiger partial charge on any atom is 0.0274 e. The van der Waals surface area contributed by atoms with Crippen LogP contribution in [0.3, 0.4) is 0 Å². The second kappa shape index (κ2) is 5.88. The van der Waals surface area contributed by atoms with E-state index in [0.29, 0.717) is 5.41 Å². The Labute approximate surface area is 76.3 Å². The van der Waals surface area contributed by atoms with Crippen molar-refractivity contribution in [3.63, 3.8) is 0 Å². The standard InChI is InChI=1S/C10H21Cl/c1-4-5-6-7-8-10(2,3)9-11/h4-9H2,1-3H3. The summed E-state index contributed by atoms with van der Waals surface area (Å²) in [6.07, 6.45) is 6.68. The molecule has 0 aliphatic heterocycles. The summed E-state index contributed by atoms with van der Waals surface area (Å²) in [6, 6.07) is 0. The van der Waals surface area contributed by atoms with Gasteiger partial charge in [-0.3, -0.25) is 0 Å². The van der Waals surface area contributed by atoms with E-state index >= 15 is 0 Å². The van der Waals surface area contributed by atoms with Crippen LogP contribution in [-0.2, 0) is 0 Å². The van der Waals surface area contributed by atoms with E-state index in [1.165, 1.54) is 32.1 Å². The van der Waals surface area contributed by atoms with E-state index in [2.05, 4.69) is 20.8 Å². The first-order valence-corrected chi connectivity index (χ1v) is 5.22. The summed E-state index contributed by atoms with van der Waals surface area (Å²) in [5.41, 5.74) is 0.356. The van der Waals surface area contributed by atoms with Crippen LogP contribution in [0.25, 0.3) is 0 Å². The van der Waals surface area contributed by atoms with Gasteiger partial charge in [0.25, 0.3) is 0 Å². The topological polar surface area (TPSA) is 0 Å². The van der Waals surface area contributed by atoms with Gasteiger partial charge < -0.3 is 0 Å². The second-order valence-corrected chi connectivity index (χ2v) is 4.38. The molecule has 0 radical (unpaired) electrons. The minimum absolute atomic E-state index is 0.356. The largest absolute Gasteiger partial charge is 0.126 e. The van der Waals surface area contributed by atoms with Crippen LogP contribution < -0.4 is 0 Å². The van der Waals surface area contributed by atoms with Gasteiger partial charge in [0, 0.05) is 5.88 Å². The van der Waals surface area contributed by atoms with Gasteiger partial charge in [-0.1, -0.05) is 46.5 Å². The third kappa shape index (κ3) is 6.68. The highest BCUT2D eigenvalue weighted by Gasteiger charge is 2.14. The van der Waals surface area contributed by atoms with E-state index in [0.717, 1.165) is 5.88 Å². The van der Waals surface area contributed by atoms with Crippen LogP contribution in [0.4, 0.5) is 0 Å². The Morgan fingerprint density at radius 2 is 1.73 bits per heavy atom. The van der Waals surface area contributed by atoms with Crippen LogP contribution in [0.5, 0.6) is 0 Å². The van der Waals surface area contributed by atoms with Crippen molar-refractivity contribution in [3.05, 3.63) is 0 Å². The molecule has 0 saturated carbocycles. The SMILES string of the molecule is CCCCCCC(C)(C)CCl. The number of rotatable bonds is 6. The zero-order valence-electron chi connectivity index (χ0n) is 8.12. The van der Waals surface area contributed by atoms with Gasteiger partial charge in [-0.05, 0) is 11.8 Å². The van der Waals surface area contributed by atoms with Crippen LogP contribution in [-0.4, -0.2) is 5.88 Å². The Kier molecular flexibility index (Phi) is 6.03. The van der Waals surface area contributed by atoms with Gasteiger partial charge in [0.15, 0.2) is 0 Å². The van der Waals surface area contributed by atoms with Crippen LogP contribution in [0.15, 0.2) is 0 Å². The highest BCUT2D eigenvalue weighted by molar-refractivity contribution is 6.18. The molecule has 0 rings (SSSR count). The van der Waals surface area contributed by atoms with Crippen molar-refractivity contribution in [2.24, 2.45) is 5.41 Å². The second-order valence-electron chi connectivity index (χ2n) is 4.11. The molecular weight excluding hydrogens is 156 g/mol. The third-order valence-electron chi connectivity index (χ3n) is 2.07. The van der Waals surface area contributed by atoms with Crippen molar-refractivity contribution < 1.29 is 0 Å². The summed E-state index contributed by atoms with van der Waals surface area (Å²) in [4.78, 5) is 0. The summed E-state index contributed by atoms with van der Waals surface area (Å²) >= 11 is 5.81. The maximum atomic E-state index is 5.81. The van der Waals surface area contributed by atoms with Crippen molar-refractivity contribution in [3.8, 4) is 0 Å². The molecule has 0 aromatic rings. The van der Waals surface area contributed by atoms with Gasteiger partial charge in [-0.2, -0.15) is 0 Å². The molecule has 0 atom stereocenters. The smallest absolute Gasteiger partial charge is 0.0274 e. The van der Waals surface area contributed by atoms with Gasteiger partial charge >= 0.3 is 0 Å². The van der Waals surface area contributed by atoms with E-state index in [1.807, 2.05) is 0 Å². The highest BCUT2D eigenvalue weighted by atomic mass is 35.5. The number of hydrogen-bond donors (Lipinski definition) is 0. The lowest BCUT2D eigenvalue weighted by molar-refractivity contribution is 0.363. The first-order valence-electron chi connectivity index (χ1n) is 4.68. The molecule has 0 heterocycles. The molecule has 0 spiro atoms. The quantitative estimate of drug-likeness (QED) is 0.420. The highest BCUT2D eigenvalue weighted by Crippen LogP contribution is 2.24. The molecule has 0 saturated heterocycles. The lowest BCUT2D eigenvalue weighted by Gasteiger charge is -2.20. The van der Waals surface area contributed by atoms with E-state index in [-0.39, 0.29) is 0 Å². The average molecular weight is 177 g/mol. The summed E-state index contributed by atoms with van der Waals surface area (Å²) in [5.74, 6) is 0.791. The van der Waals surface area contributed by atoms with E-state index < -0.39 is 0 Å². The molecule has 0 amide bonds. The number of hydrogen-bond acceptors (Lipinski definition) is 0. The molecule has 1 heteroatoms. The van der Waals surface area contributed by atoms with E-state index in [1.54, 1.807) is 0 Å². The summed E-state index contributed by atoms with van der Waals surface area (Å²) in [6.45, 7) is 6.73. The van der Waals surface area contributed by atoms with Gasteiger partial charge in [0.05, 0.1) is 0 Å². The number of unbranched alkanes of at least 4 members (excludes halogenated alkanes) is 3. The predicted molar refractivity (Wildman–Crippen MR) is 53.3 cm³/mol. The third-order valence-corrected chi connectivity index (χ3v) is 2.79. The molecular formula is C10H21Cl. The first-order chi connectivity index (χ1) is 5.12. The van der Waals surface area contributed by atoms with Gasteiger partial charge in [-0.15, -0.1) is 11.6 Å². The fourth-order valence-electron chi connectivity index (χ4n) is 1.10. The van der Waals surface area contributed by atoms with Crippen LogP contribution in [0.1, 0.15) is 52.9 Å². The van der Waals surface area contributed by atoms with Gasteiger partial charge in [-0.25, -0.2) is 0 Å². The van der Waals surface area contributed by atoms with E-state index in [4.69, 9.17) is 11.6 Å². The Hall–Kier alpha value is 0.290. The molecule has 11 heavy (non-hydrogen) atoms. The molecule has 0 bridgehead atoms. The van der Waals surface area contributed by atoms with Crippen molar-refractivity contribution in [1.82, 2.24) is 0 Å². The lowest BCUT2D eigenvalue weighted by atomic mass is 9.89. The molecule has 68 valence electrons. The van der Waals surface area contributed by atoms with Crippen molar-refractivity contribution in [1.29, 1.82) is 0 Å². The molecule has 0 fully saturated rings. The first kappa shape index (κ1) is 11.3. The minimum atomic E-state index is 0.356. The Morgan fingerprint density at radius 3 is 2.18 bits per heavy atom. The molecule has 0 aliphatic rings. The van der Waals surface area contributed by atoms with E-state index in [9.17, 15) is 0 Å². The van der Waals surface area contributed by atoms with Crippen LogP contribution in [0, 0.1) is 5.41 Å². The minimum Gasteiger partial charge on any atom is -0.126 e. The number of halogens is 1. The summed E-state index contributed by atoms with van der Waals surface area (Å²) in [5, 5.41) is 0. The Morgan fingerprint density at radius 1 is 1.09 bits per heavy atom. The molecule has 0 aromatic heterocycles. The van der Waals surface area contributed by atoms with Crippen molar-refractivity contribution in [2.45, 2.75) is 52.9 Å². The molecule has 0 unspecified atom stereocenters. The van der Waals surface area contributed by atoms with Gasteiger partial charge in [0.1, 0.15) is 0 Å². The molecule has 0 nitrogen and oxygen atoms in total. The molecule has 0 aromatic carbocycles. The summed E-state index contributed by atoms with van der Waals surface area (Å²) in [7, 11) is 0. The Bertz CT molecular complexity index is 86.9. The lowest BCUT2D eigenvalue weighted by Crippen LogP contribution is -2.12. The van der Waals surface area contributed by atoms with Gasteiger partial charge in [0.2, 0.25) is 0 Å². The summed E-state index contributed by atoms with van der Waals surface area (Å²) < 4.78 is 0. The normalized spacial score (nSPS) is 12.0. The van der Waals surface area contributed by atoms with Crippen molar-refractivity contribution >= 4 is 11.6 Å². The number of alkyl halides is 1. The van der Waals surface area contributed by atoms with Crippen molar-refractivity contribution in [2.75, 3.05) is 5.88 Å². The zero-order chi connectivity index (χ0) is 8.74. The molecule has 0 N–H and O–H groups in total. The fraction of sp³-hybridized carbons (Fsp3) is 1.00. The fourth-order valence-corrected chi connectivity index (χ4v) is 1.23. The average Bonchev–Trinajstić information content (AvgIpc) is 1.99. The maximum absolute atomic E-state index is 5.81. The zero-order valence-corrected chi connectivity index (χ0v) is 8.88. The monoisotopic (exact) mass is 176 g/mol.